The van der Waals surface area contributed by atoms with Crippen molar-refractivity contribution in [2.24, 2.45) is 0 Å². The van der Waals surface area contributed by atoms with Crippen LogP contribution in [-0.2, 0) is 22.6 Å². The molecule has 6 nitrogen and oxygen atoms in total. The zero-order valence-electron chi connectivity index (χ0n) is 15.1. The molecule has 0 unspecified atom stereocenters. The molecule has 27 heavy (non-hydrogen) atoms. The fraction of sp³-hybridized carbons (Fsp3) is 0.350. The molecule has 3 rings (SSSR count). The van der Waals surface area contributed by atoms with Crippen molar-refractivity contribution in [2.75, 3.05) is 32.7 Å². The topological polar surface area (TPSA) is 65.5 Å². The van der Waals surface area contributed by atoms with Crippen molar-refractivity contribution in [1.82, 2.24) is 20.1 Å². The normalized spacial score (nSPS) is 14.3. The van der Waals surface area contributed by atoms with Gasteiger partial charge < -0.3 is 10.2 Å². The summed E-state index contributed by atoms with van der Waals surface area (Å²) in [6, 6.07) is 12.0. The van der Waals surface area contributed by atoms with Gasteiger partial charge in [0.05, 0.1) is 13.1 Å². The number of carbonyl (C=O) groups is 2. The summed E-state index contributed by atoms with van der Waals surface area (Å²) in [6.45, 7) is 2.48. The van der Waals surface area contributed by atoms with Gasteiger partial charge >= 0.3 is 0 Å². The van der Waals surface area contributed by atoms with Crippen molar-refractivity contribution in [3.8, 4) is 0 Å². The summed E-state index contributed by atoms with van der Waals surface area (Å²) in [7, 11) is 0. The van der Waals surface area contributed by atoms with Crippen molar-refractivity contribution < 1.29 is 14.0 Å². The summed E-state index contributed by atoms with van der Waals surface area (Å²) < 4.78 is 13.2. The largest absolute Gasteiger partial charge is 0.353 e. The summed E-state index contributed by atoms with van der Waals surface area (Å²) in [6.07, 6.45) is 2.45. The molecule has 142 valence electrons. The van der Waals surface area contributed by atoms with E-state index in [0.717, 1.165) is 11.3 Å². The van der Waals surface area contributed by atoms with Crippen LogP contribution < -0.4 is 5.32 Å². The van der Waals surface area contributed by atoms with E-state index in [1.807, 2.05) is 23.1 Å². The molecule has 1 aliphatic heterocycles. The van der Waals surface area contributed by atoms with Crippen molar-refractivity contribution in [3.05, 3.63) is 65.7 Å². The highest BCUT2D eigenvalue weighted by molar-refractivity contribution is 5.86. The van der Waals surface area contributed by atoms with Crippen molar-refractivity contribution >= 4 is 11.8 Å². The third-order valence-corrected chi connectivity index (χ3v) is 4.48. The van der Waals surface area contributed by atoms with Crippen molar-refractivity contribution in [1.29, 1.82) is 0 Å². The van der Waals surface area contributed by atoms with Gasteiger partial charge in [-0.2, -0.15) is 0 Å². The second-order valence-electron chi connectivity index (χ2n) is 6.57. The molecule has 1 aromatic heterocycles. The van der Waals surface area contributed by atoms with Crippen LogP contribution in [0.3, 0.4) is 0 Å². The highest BCUT2D eigenvalue weighted by Gasteiger charge is 2.23. The minimum Gasteiger partial charge on any atom is -0.353 e. The first-order valence-electron chi connectivity index (χ1n) is 9.01. The Morgan fingerprint density at radius 2 is 2.04 bits per heavy atom. The van der Waals surface area contributed by atoms with Crippen LogP contribution in [0.2, 0.25) is 0 Å². The van der Waals surface area contributed by atoms with Crippen LogP contribution >= 0.6 is 0 Å². The van der Waals surface area contributed by atoms with Crippen molar-refractivity contribution in [3.63, 3.8) is 0 Å². The van der Waals surface area contributed by atoms with Gasteiger partial charge in [0.1, 0.15) is 5.82 Å². The Kier molecular flexibility index (Phi) is 6.49. The zero-order valence-corrected chi connectivity index (χ0v) is 15.1. The maximum absolute atomic E-state index is 13.2. The van der Waals surface area contributed by atoms with Crippen LogP contribution in [0.15, 0.2) is 48.7 Å². The van der Waals surface area contributed by atoms with E-state index in [2.05, 4.69) is 10.3 Å². The predicted molar refractivity (Wildman–Crippen MR) is 99.2 cm³/mol. The van der Waals surface area contributed by atoms with Crippen LogP contribution in [0.4, 0.5) is 4.39 Å². The highest BCUT2D eigenvalue weighted by Crippen LogP contribution is 2.09. The first-order chi connectivity index (χ1) is 13.1. The Morgan fingerprint density at radius 3 is 2.74 bits per heavy atom. The summed E-state index contributed by atoms with van der Waals surface area (Å²) in [5, 5.41) is 2.72. The van der Waals surface area contributed by atoms with Gasteiger partial charge in [-0.1, -0.05) is 18.2 Å². The minimum absolute atomic E-state index is 0.0759. The molecule has 1 saturated heterocycles. The average molecular weight is 370 g/mol. The maximum atomic E-state index is 13.2. The molecule has 2 heterocycles. The van der Waals surface area contributed by atoms with Gasteiger partial charge in [-0.15, -0.1) is 0 Å². The summed E-state index contributed by atoms with van der Waals surface area (Å²) in [4.78, 5) is 32.1. The van der Waals surface area contributed by atoms with Crippen LogP contribution in [-0.4, -0.2) is 59.3 Å². The standard InChI is InChI=1S/C20H23FN4O2/c21-17-6-4-16(5-7-17)13-24(11-8-18-3-1-2-9-22-18)15-20(27)25-12-10-23-19(26)14-25/h1-7,9H,8,10-15H2,(H,23,26). The lowest BCUT2D eigenvalue weighted by molar-refractivity contribution is -0.139. The second-order valence-corrected chi connectivity index (χ2v) is 6.57. The summed E-state index contributed by atoms with van der Waals surface area (Å²) in [5.41, 5.74) is 1.88. The molecule has 0 bridgehead atoms. The van der Waals surface area contributed by atoms with Gasteiger partial charge in [-0.25, -0.2) is 4.39 Å². The number of pyridine rings is 1. The molecule has 7 heteroatoms. The third-order valence-electron chi connectivity index (χ3n) is 4.48. The van der Waals surface area contributed by atoms with Gasteiger partial charge in [0, 0.05) is 44.5 Å². The molecular weight excluding hydrogens is 347 g/mol. The number of benzene rings is 1. The fourth-order valence-corrected chi connectivity index (χ4v) is 3.02. The molecule has 0 radical (unpaired) electrons. The minimum atomic E-state index is -0.283. The molecule has 1 aromatic carbocycles. The molecule has 1 aliphatic rings. The molecule has 0 spiro atoms. The van der Waals surface area contributed by atoms with E-state index in [4.69, 9.17) is 0 Å². The van der Waals surface area contributed by atoms with E-state index in [1.54, 1.807) is 23.2 Å². The van der Waals surface area contributed by atoms with E-state index in [0.29, 0.717) is 32.6 Å². The molecular formula is C20H23FN4O2. The Bertz CT molecular complexity index is 767. The number of amides is 2. The number of hydrogen-bond donors (Lipinski definition) is 1. The van der Waals surface area contributed by atoms with Crippen LogP contribution in [0, 0.1) is 5.82 Å². The quantitative estimate of drug-likeness (QED) is 0.796. The zero-order chi connectivity index (χ0) is 19.1. The van der Waals surface area contributed by atoms with Gasteiger partial charge in [0.25, 0.3) is 0 Å². The smallest absolute Gasteiger partial charge is 0.239 e. The average Bonchev–Trinajstić information content (AvgIpc) is 2.68. The number of nitrogens with one attached hydrogen (secondary N) is 1. The first-order valence-corrected chi connectivity index (χ1v) is 9.01. The number of halogens is 1. The molecule has 2 aromatic rings. The lowest BCUT2D eigenvalue weighted by Crippen LogP contribution is -2.52. The molecule has 0 saturated carbocycles. The summed E-state index contributed by atoms with van der Waals surface area (Å²) in [5.74, 6) is -0.490. The van der Waals surface area contributed by atoms with Crippen LogP contribution in [0.1, 0.15) is 11.3 Å². The van der Waals surface area contributed by atoms with Gasteiger partial charge in [-0.05, 0) is 29.8 Å². The Balaban J connectivity index is 1.65. The van der Waals surface area contributed by atoms with Crippen LogP contribution in [0.25, 0.3) is 0 Å². The predicted octanol–water partition coefficient (Wildman–Crippen LogP) is 1.22. The number of aromatic nitrogens is 1. The Hall–Kier alpha value is -2.80. The molecule has 1 fully saturated rings. The monoisotopic (exact) mass is 370 g/mol. The number of carbonyl (C=O) groups excluding carboxylic acids is 2. The lowest BCUT2D eigenvalue weighted by atomic mass is 10.2. The third kappa shape index (κ3) is 5.86. The van der Waals surface area contributed by atoms with Gasteiger partial charge in [0.15, 0.2) is 0 Å². The Morgan fingerprint density at radius 1 is 1.22 bits per heavy atom. The van der Waals surface area contributed by atoms with Gasteiger partial charge in [0.2, 0.25) is 11.8 Å². The second kappa shape index (κ2) is 9.23. The number of nitrogens with zero attached hydrogens (tertiary/aromatic N) is 3. The van der Waals surface area contributed by atoms with Crippen LogP contribution in [0.5, 0.6) is 0 Å². The number of hydrogen-bond acceptors (Lipinski definition) is 4. The lowest BCUT2D eigenvalue weighted by Gasteiger charge is -2.30. The van der Waals surface area contributed by atoms with E-state index in [9.17, 15) is 14.0 Å². The SMILES string of the molecule is O=C1CN(C(=O)CN(CCc2ccccn2)Cc2ccc(F)cc2)CCN1. The summed E-state index contributed by atoms with van der Waals surface area (Å²) >= 11 is 0. The Labute approximate surface area is 158 Å². The first kappa shape index (κ1) is 19.0. The van der Waals surface area contributed by atoms with Crippen molar-refractivity contribution in [2.45, 2.75) is 13.0 Å². The molecule has 1 N–H and O–H groups in total. The van der Waals surface area contributed by atoms with E-state index in [-0.39, 0.29) is 30.7 Å². The molecule has 2 amide bonds. The fourth-order valence-electron chi connectivity index (χ4n) is 3.02. The maximum Gasteiger partial charge on any atom is 0.239 e. The van der Waals surface area contributed by atoms with E-state index < -0.39 is 0 Å². The number of piperazine rings is 1. The van der Waals surface area contributed by atoms with E-state index >= 15 is 0 Å². The molecule has 0 atom stereocenters. The number of rotatable bonds is 7. The van der Waals surface area contributed by atoms with Gasteiger partial charge in [-0.3, -0.25) is 19.5 Å². The molecule has 0 aliphatic carbocycles. The van der Waals surface area contributed by atoms with E-state index in [1.165, 1.54) is 12.1 Å². The highest BCUT2D eigenvalue weighted by atomic mass is 19.1.